The molecule has 0 saturated carbocycles. The summed E-state index contributed by atoms with van der Waals surface area (Å²) >= 11 is 0. The fraction of sp³-hybridized carbons (Fsp3) is 0.300. The van der Waals surface area contributed by atoms with Gasteiger partial charge in [0.05, 0.1) is 17.8 Å². The van der Waals surface area contributed by atoms with E-state index < -0.39 is 6.04 Å². The maximum Gasteiger partial charge on any atom is 0.256 e. The van der Waals surface area contributed by atoms with Gasteiger partial charge in [-0.15, -0.1) is 0 Å². The summed E-state index contributed by atoms with van der Waals surface area (Å²) in [7, 11) is 0. The van der Waals surface area contributed by atoms with Crippen molar-refractivity contribution < 1.29 is 14.4 Å². The van der Waals surface area contributed by atoms with Crippen molar-refractivity contribution in [2.75, 3.05) is 11.4 Å². The van der Waals surface area contributed by atoms with E-state index in [1.54, 1.807) is 21.9 Å². The molecule has 3 aromatic rings. The standard InChI is InChI=1S/C30H31N3O3/c1-21(17-18-22-10-3-2-4-11-22)31-28(34)24-13-6-5-12-23(24)20-33-26-15-8-7-14-25(26)29(35)32-19-9-16-27(32)30(33)36/h2-8,10-15,21,27H,9,16-20H2,1H3,(H,31,34)/t21-,27-/m1/s1. The minimum Gasteiger partial charge on any atom is -0.350 e. The number of nitrogens with one attached hydrogen (secondary N) is 1. The summed E-state index contributed by atoms with van der Waals surface area (Å²) < 4.78 is 0. The molecule has 6 nitrogen and oxygen atoms in total. The molecule has 1 saturated heterocycles. The van der Waals surface area contributed by atoms with Gasteiger partial charge in [0.2, 0.25) is 5.91 Å². The third-order valence-electron chi connectivity index (χ3n) is 7.17. The highest BCUT2D eigenvalue weighted by Crippen LogP contribution is 2.33. The summed E-state index contributed by atoms with van der Waals surface area (Å²) in [6.07, 6.45) is 3.19. The molecule has 5 rings (SSSR count). The Labute approximate surface area is 211 Å². The van der Waals surface area contributed by atoms with E-state index in [4.69, 9.17) is 0 Å². The lowest BCUT2D eigenvalue weighted by Crippen LogP contribution is -2.44. The van der Waals surface area contributed by atoms with Crippen LogP contribution in [0.3, 0.4) is 0 Å². The number of carbonyl (C=O) groups excluding carboxylic acids is 3. The summed E-state index contributed by atoms with van der Waals surface area (Å²) in [5.74, 6) is -0.334. The van der Waals surface area contributed by atoms with Crippen LogP contribution in [0.1, 0.15) is 58.0 Å². The number of anilines is 1. The third kappa shape index (κ3) is 4.76. The van der Waals surface area contributed by atoms with Crippen LogP contribution in [-0.2, 0) is 17.8 Å². The van der Waals surface area contributed by atoms with Crippen LogP contribution in [0, 0.1) is 0 Å². The Hall–Kier alpha value is -3.93. The predicted molar refractivity (Wildman–Crippen MR) is 140 cm³/mol. The van der Waals surface area contributed by atoms with Gasteiger partial charge in [0, 0.05) is 18.2 Å². The first-order valence-corrected chi connectivity index (χ1v) is 12.7. The number of hydrogen-bond acceptors (Lipinski definition) is 3. The zero-order valence-corrected chi connectivity index (χ0v) is 20.5. The Bertz CT molecular complexity index is 1270. The average molecular weight is 482 g/mol. The SMILES string of the molecule is C[C@H](CCc1ccccc1)NC(=O)c1ccccc1CN1C(=O)[C@H]2CCCN2C(=O)c2ccccc21. The highest BCUT2D eigenvalue weighted by atomic mass is 16.2. The van der Waals surface area contributed by atoms with Gasteiger partial charge in [0.25, 0.3) is 11.8 Å². The topological polar surface area (TPSA) is 69.7 Å². The fourth-order valence-corrected chi connectivity index (χ4v) is 5.22. The Morgan fingerprint density at radius 3 is 2.53 bits per heavy atom. The quantitative estimate of drug-likeness (QED) is 0.537. The van der Waals surface area contributed by atoms with Crippen LogP contribution in [0.5, 0.6) is 0 Å². The van der Waals surface area contributed by atoms with Crippen LogP contribution in [0.25, 0.3) is 0 Å². The van der Waals surface area contributed by atoms with Crippen molar-refractivity contribution in [1.82, 2.24) is 10.2 Å². The molecule has 2 heterocycles. The first kappa shape index (κ1) is 23.8. The third-order valence-corrected chi connectivity index (χ3v) is 7.17. The molecule has 0 radical (unpaired) electrons. The predicted octanol–water partition coefficient (Wildman–Crippen LogP) is 4.59. The zero-order chi connectivity index (χ0) is 25.1. The molecule has 0 aliphatic carbocycles. The summed E-state index contributed by atoms with van der Waals surface area (Å²) in [5.41, 5.74) is 3.69. The van der Waals surface area contributed by atoms with Gasteiger partial charge in [-0.1, -0.05) is 60.7 Å². The molecule has 1 fully saturated rings. The molecule has 2 atom stereocenters. The number of rotatable bonds is 7. The summed E-state index contributed by atoms with van der Waals surface area (Å²) in [6.45, 7) is 2.84. The fourth-order valence-electron chi connectivity index (χ4n) is 5.22. The van der Waals surface area contributed by atoms with E-state index in [-0.39, 0.29) is 30.3 Å². The zero-order valence-electron chi connectivity index (χ0n) is 20.5. The molecular weight excluding hydrogens is 450 g/mol. The minimum atomic E-state index is -0.455. The van der Waals surface area contributed by atoms with Gasteiger partial charge in [-0.05, 0) is 61.9 Å². The normalized spacial score (nSPS) is 17.9. The van der Waals surface area contributed by atoms with Crippen molar-refractivity contribution in [1.29, 1.82) is 0 Å². The molecule has 0 aromatic heterocycles. The lowest BCUT2D eigenvalue weighted by Gasteiger charge is -2.27. The van der Waals surface area contributed by atoms with Crippen molar-refractivity contribution in [2.24, 2.45) is 0 Å². The maximum atomic E-state index is 13.6. The Morgan fingerprint density at radius 2 is 1.69 bits per heavy atom. The van der Waals surface area contributed by atoms with Gasteiger partial charge in [0.1, 0.15) is 6.04 Å². The molecule has 1 N–H and O–H groups in total. The molecule has 3 aromatic carbocycles. The number of para-hydroxylation sites is 1. The summed E-state index contributed by atoms with van der Waals surface area (Å²) in [4.78, 5) is 43.5. The highest BCUT2D eigenvalue weighted by molar-refractivity contribution is 6.11. The molecular formula is C30H31N3O3. The van der Waals surface area contributed by atoms with Crippen LogP contribution < -0.4 is 10.2 Å². The second-order valence-electron chi connectivity index (χ2n) is 9.65. The van der Waals surface area contributed by atoms with E-state index in [1.807, 2.05) is 61.5 Å². The smallest absolute Gasteiger partial charge is 0.256 e. The average Bonchev–Trinajstić information content (AvgIpc) is 3.38. The van der Waals surface area contributed by atoms with E-state index in [1.165, 1.54) is 5.56 Å². The number of fused-ring (bicyclic) bond motifs is 2. The molecule has 2 aliphatic rings. The van der Waals surface area contributed by atoms with Crippen molar-refractivity contribution in [3.63, 3.8) is 0 Å². The van der Waals surface area contributed by atoms with Crippen molar-refractivity contribution in [2.45, 2.75) is 51.2 Å². The Kier molecular flexibility index (Phi) is 6.85. The second-order valence-corrected chi connectivity index (χ2v) is 9.65. The molecule has 0 bridgehead atoms. The van der Waals surface area contributed by atoms with Crippen LogP contribution in [0.15, 0.2) is 78.9 Å². The monoisotopic (exact) mass is 481 g/mol. The molecule has 36 heavy (non-hydrogen) atoms. The molecule has 184 valence electrons. The van der Waals surface area contributed by atoms with Gasteiger partial charge in [0.15, 0.2) is 0 Å². The van der Waals surface area contributed by atoms with Crippen molar-refractivity contribution >= 4 is 23.4 Å². The van der Waals surface area contributed by atoms with Gasteiger partial charge in [-0.25, -0.2) is 0 Å². The number of amides is 3. The lowest BCUT2D eigenvalue weighted by molar-refractivity contribution is -0.122. The van der Waals surface area contributed by atoms with E-state index in [2.05, 4.69) is 17.4 Å². The van der Waals surface area contributed by atoms with Gasteiger partial charge in [-0.3, -0.25) is 14.4 Å². The number of nitrogens with zero attached hydrogens (tertiary/aromatic N) is 2. The molecule has 6 heteroatoms. The highest BCUT2D eigenvalue weighted by Gasteiger charge is 2.42. The largest absolute Gasteiger partial charge is 0.350 e. The van der Waals surface area contributed by atoms with Gasteiger partial charge >= 0.3 is 0 Å². The molecule has 0 unspecified atom stereocenters. The van der Waals surface area contributed by atoms with Gasteiger partial charge in [-0.2, -0.15) is 0 Å². The Morgan fingerprint density at radius 1 is 0.972 bits per heavy atom. The second kappa shape index (κ2) is 10.4. The van der Waals surface area contributed by atoms with Gasteiger partial charge < -0.3 is 15.1 Å². The Balaban J connectivity index is 1.37. The van der Waals surface area contributed by atoms with E-state index >= 15 is 0 Å². The van der Waals surface area contributed by atoms with Crippen molar-refractivity contribution in [3.05, 3.63) is 101 Å². The first-order valence-electron chi connectivity index (χ1n) is 12.7. The van der Waals surface area contributed by atoms with E-state index in [9.17, 15) is 14.4 Å². The summed E-state index contributed by atoms with van der Waals surface area (Å²) in [6, 6.07) is 24.5. The van der Waals surface area contributed by atoms with E-state index in [0.717, 1.165) is 24.8 Å². The van der Waals surface area contributed by atoms with E-state index in [0.29, 0.717) is 29.8 Å². The number of aryl methyl sites for hydroxylation is 1. The number of benzene rings is 3. The van der Waals surface area contributed by atoms with Crippen molar-refractivity contribution in [3.8, 4) is 0 Å². The lowest BCUT2D eigenvalue weighted by atomic mass is 10.0. The van der Waals surface area contributed by atoms with Crippen LogP contribution >= 0.6 is 0 Å². The minimum absolute atomic E-state index is 0.00373. The molecule has 3 amide bonds. The molecule has 0 spiro atoms. The summed E-state index contributed by atoms with van der Waals surface area (Å²) in [5, 5.41) is 3.13. The maximum absolute atomic E-state index is 13.6. The molecule has 2 aliphatic heterocycles. The first-order chi connectivity index (χ1) is 17.5. The van der Waals surface area contributed by atoms with Crippen LogP contribution in [0.2, 0.25) is 0 Å². The number of carbonyl (C=O) groups is 3. The number of hydrogen-bond donors (Lipinski definition) is 1. The van der Waals surface area contributed by atoms with Crippen LogP contribution in [0.4, 0.5) is 5.69 Å². The van der Waals surface area contributed by atoms with Crippen LogP contribution in [-0.4, -0.2) is 41.2 Å².